The molecule has 3 rings (SSSR count). The molecule has 0 aromatic heterocycles. The average molecular weight is 388 g/mol. The molecule has 0 amide bonds. The van der Waals surface area contributed by atoms with Crippen LogP contribution < -0.4 is 24.8 Å². The molecule has 0 saturated carbocycles. The Morgan fingerprint density at radius 1 is 1.11 bits per heavy atom. The minimum Gasteiger partial charge on any atom is -0.497 e. The number of rotatable bonds is 7. The number of thiocarbonyl (C=S) groups is 1. The zero-order chi connectivity index (χ0) is 19.2. The van der Waals surface area contributed by atoms with Crippen LogP contribution in [-0.2, 0) is 6.54 Å². The van der Waals surface area contributed by atoms with Crippen molar-refractivity contribution in [1.82, 2.24) is 15.5 Å². The number of ether oxygens (including phenoxy) is 3. The average Bonchev–Trinajstić information content (AvgIpc) is 3.14. The van der Waals surface area contributed by atoms with Crippen LogP contribution in [0.4, 0.5) is 0 Å². The van der Waals surface area contributed by atoms with E-state index in [1.807, 2.05) is 30.3 Å². The minimum atomic E-state index is 0.196. The van der Waals surface area contributed by atoms with Crippen molar-refractivity contribution in [2.24, 2.45) is 0 Å². The second-order valence-electron chi connectivity index (χ2n) is 6.50. The van der Waals surface area contributed by atoms with Gasteiger partial charge in [0.15, 0.2) is 16.6 Å². The lowest BCUT2D eigenvalue weighted by molar-refractivity contribution is 0.174. The topological polar surface area (TPSA) is 55.0 Å². The van der Waals surface area contributed by atoms with Gasteiger partial charge in [0.1, 0.15) is 5.75 Å². The smallest absolute Gasteiger partial charge is 0.231 e. The van der Waals surface area contributed by atoms with Crippen LogP contribution >= 0.6 is 12.2 Å². The van der Waals surface area contributed by atoms with Gasteiger partial charge < -0.3 is 29.7 Å². The summed E-state index contributed by atoms with van der Waals surface area (Å²) < 4.78 is 16.0. The molecule has 0 radical (unpaired) electrons. The number of fused-ring (bicyclic) bond motifs is 1. The Bertz CT molecular complexity index is 781. The first-order valence-electron chi connectivity index (χ1n) is 8.77. The Morgan fingerprint density at radius 2 is 1.85 bits per heavy atom. The highest BCUT2D eigenvalue weighted by molar-refractivity contribution is 7.80. The Kier molecular flexibility index (Phi) is 6.36. The molecule has 0 saturated heterocycles. The summed E-state index contributed by atoms with van der Waals surface area (Å²) in [4.78, 5) is 2.16. The molecule has 2 aromatic carbocycles. The predicted molar refractivity (Wildman–Crippen MR) is 109 cm³/mol. The van der Waals surface area contributed by atoms with E-state index in [-0.39, 0.29) is 12.8 Å². The van der Waals surface area contributed by atoms with E-state index in [1.54, 1.807) is 7.11 Å². The van der Waals surface area contributed by atoms with Gasteiger partial charge in [-0.15, -0.1) is 0 Å². The van der Waals surface area contributed by atoms with Gasteiger partial charge in [0.05, 0.1) is 13.2 Å². The van der Waals surface area contributed by atoms with E-state index >= 15 is 0 Å². The molecule has 1 unspecified atom stereocenters. The maximum absolute atomic E-state index is 5.43. The van der Waals surface area contributed by atoms with Gasteiger partial charge in [-0.25, -0.2) is 0 Å². The van der Waals surface area contributed by atoms with E-state index in [0.717, 1.165) is 22.8 Å². The van der Waals surface area contributed by atoms with Crippen LogP contribution in [0.3, 0.4) is 0 Å². The zero-order valence-electron chi connectivity index (χ0n) is 15.8. The largest absolute Gasteiger partial charge is 0.497 e. The van der Waals surface area contributed by atoms with Crippen LogP contribution in [-0.4, -0.2) is 44.6 Å². The number of nitrogens with one attached hydrogen (secondary N) is 2. The zero-order valence-corrected chi connectivity index (χ0v) is 16.6. The fourth-order valence-corrected chi connectivity index (χ4v) is 3.07. The summed E-state index contributed by atoms with van der Waals surface area (Å²) in [7, 11) is 5.78. The second-order valence-corrected chi connectivity index (χ2v) is 6.91. The van der Waals surface area contributed by atoms with E-state index in [4.69, 9.17) is 26.4 Å². The molecule has 1 atom stereocenters. The SMILES string of the molecule is COc1ccc(C(CNC(=S)NCc2ccc3c(c2)OCO3)N(C)C)cc1. The standard InChI is InChI=1S/C20H25N3O3S/c1-23(2)17(15-5-7-16(24-3)8-6-15)12-22-20(27)21-11-14-4-9-18-19(10-14)26-13-25-18/h4-10,17H,11-13H2,1-3H3,(H2,21,22,27). The number of hydrogen-bond donors (Lipinski definition) is 2. The number of benzene rings is 2. The number of methoxy groups -OCH3 is 1. The van der Waals surface area contributed by atoms with Crippen molar-refractivity contribution >= 4 is 17.3 Å². The van der Waals surface area contributed by atoms with Crippen LogP contribution in [0.15, 0.2) is 42.5 Å². The molecule has 7 heteroatoms. The van der Waals surface area contributed by atoms with E-state index < -0.39 is 0 Å². The van der Waals surface area contributed by atoms with Gasteiger partial charge in [-0.1, -0.05) is 18.2 Å². The van der Waals surface area contributed by atoms with Crippen molar-refractivity contribution in [3.63, 3.8) is 0 Å². The number of likely N-dealkylation sites (N-methyl/N-ethyl adjacent to an activating group) is 1. The summed E-state index contributed by atoms with van der Waals surface area (Å²) >= 11 is 5.43. The van der Waals surface area contributed by atoms with Crippen LogP contribution in [0.2, 0.25) is 0 Å². The number of nitrogens with zero attached hydrogens (tertiary/aromatic N) is 1. The summed E-state index contributed by atoms with van der Waals surface area (Å²) in [5.74, 6) is 2.42. The van der Waals surface area contributed by atoms with Crippen molar-refractivity contribution in [2.45, 2.75) is 12.6 Å². The molecular formula is C20H25N3O3S. The van der Waals surface area contributed by atoms with E-state index in [2.05, 4.69) is 41.8 Å². The first kappa shape index (κ1) is 19.3. The predicted octanol–water partition coefficient (Wildman–Crippen LogP) is 2.69. The molecule has 1 heterocycles. The van der Waals surface area contributed by atoms with Gasteiger partial charge in [-0.3, -0.25) is 0 Å². The van der Waals surface area contributed by atoms with Gasteiger partial charge >= 0.3 is 0 Å². The minimum absolute atomic E-state index is 0.196. The molecule has 27 heavy (non-hydrogen) atoms. The Balaban J connectivity index is 1.51. The highest BCUT2D eigenvalue weighted by atomic mass is 32.1. The first-order chi connectivity index (χ1) is 13.1. The Morgan fingerprint density at radius 3 is 2.56 bits per heavy atom. The van der Waals surface area contributed by atoms with Gasteiger partial charge in [0.2, 0.25) is 6.79 Å². The molecule has 6 nitrogen and oxygen atoms in total. The summed E-state index contributed by atoms with van der Waals surface area (Å²) in [6.45, 7) is 1.60. The van der Waals surface area contributed by atoms with Crippen LogP contribution in [0.5, 0.6) is 17.2 Å². The maximum Gasteiger partial charge on any atom is 0.231 e. The lowest BCUT2D eigenvalue weighted by Gasteiger charge is -2.26. The van der Waals surface area contributed by atoms with Crippen molar-refractivity contribution < 1.29 is 14.2 Å². The molecule has 144 valence electrons. The summed E-state index contributed by atoms with van der Waals surface area (Å²) in [5.41, 5.74) is 2.29. The van der Waals surface area contributed by atoms with Crippen LogP contribution in [0, 0.1) is 0 Å². The van der Waals surface area contributed by atoms with Crippen molar-refractivity contribution in [1.29, 1.82) is 0 Å². The lowest BCUT2D eigenvalue weighted by atomic mass is 10.1. The molecule has 1 aliphatic heterocycles. The van der Waals surface area contributed by atoms with E-state index in [0.29, 0.717) is 18.2 Å². The van der Waals surface area contributed by atoms with Gasteiger partial charge in [0, 0.05) is 13.1 Å². The number of hydrogen-bond acceptors (Lipinski definition) is 5. The monoisotopic (exact) mass is 387 g/mol. The first-order valence-corrected chi connectivity index (χ1v) is 9.18. The third kappa shape index (κ3) is 5.02. The normalized spacial score (nSPS) is 13.3. The summed E-state index contributed by atoms with van der Waals surface area (Å²) in [6, 6.07) is 14.2. The quantitative estimate of drug-likeness (QED) is 0.709. The third-order valence-electron chi connectivity index (χ3n) is 4.47. The molecular weight excluding hydrogens is 362 g/mol. The molecule has 0 aliphatic carbocycles. The van der Waals surface area contributed by atoms with Gasteiger partial charge in [-0.05, 0) is 61.7 Å². The third-order valence-corrected chi connectivity index (χ3v) is 4.76. The second kappa shape index (κ2) is 8.92. The summed E-state index contributed by atoms with van der Waals surface area (Å²) in [6.07, 6.45) is 0. The maximum atomic E-state index is 5.43. The van der Waals surface area contributed by atoms with Crippen molar-refractivity contribution in [3.05, 3.63) is 53.6 Å². The van der Waals surface area contributed by atoms with Crippen molar-refractivity contribution in [2.75, 3.05) is 34.5 Å². The Hall–Kier alpha value is -2.51. The van der Waals surface area contributed by atoms with E-state index in [9.17, 15) is 0 Å². The molecule has 1 aliphatic rings. The molecule has 2 N–H and O–H groups in total. The molecule has 0 spiro atoms. The fourth-order valence-electron chi connectivity index (χ4n) is 2.91. The molecule has 0 fully saturated rings. The Labute approximate surface area is 165 Å². The highest BCUT2D eigenvalue weighted by Gasteiger charge is 2.15. The van der Waals surface area contributed by atoms with Gasteiger partial charge in [0.25, 0.3) is 0 Å². The van der Waals surface area contributed by atoms with Crippen LogP contribution in [0.25, 0.3) is 0 Å². The highest BCUT2D eigenvalue weighted by Crippen LogP contribution is 2.32. The molecule has 2 aromatic rings. The summed E-state index contributed by atoms with van der Waals surface area (Å²) in [5, 5.41) is 7.16. The fraction of sp³-hybridized carbons (Fsp3) is 0.350. The van der Waals surface area contributed by atoms with E-state index in [1.165, 1.54) is 5.56 Å². The van der Waals surface area contributed by atoms with Gasteiger partial charge in [-0.2, -0.15) is 0 Å². The van der Waals surface area contributed by atoms with Crippen molar-refractivity contribution in [3.8, 4) is 17.2 Å². The lowest BCUT2D eigenvalue weighted by Crippen LogP contribution is -2.40. The van der Waals surface area contributed by atoms with Crippen LogP contribution in [0.1, 0.15) is 17.2 Å². The molecule has 0 bridgehead atoms.